The minimum Gasteiger partial charge on any atom is -0.382 e. The van der Waals surface area contributed by atoms with Gasteiger partial charge in [-0.2, -0.15) is 0 Å². The molecule has 6 heteroatoms. The summed E-state index contributed by atoms with van der Waals surface area (Å²) in [4.78, 5) is 17.0. The maximum Gasteiger partial charge on any atom is 0.227 e. The second kappa shape index (κ2) is 12.1. The molecule has 0 spiro atoms. The molecule has 2 saturated carbocycles. The minimum absolute atomic E-state index is 0.149. The number of carbonyl (C=O) groups excluding carboxylic acids is 1. The molecule has 0 heterocycles. The van der Waals surface area contributed by atoms with Gasteiger partial charge in [0.25, 0.3) is 0 Å². The Morgan fingerprint density at radius 3 is 2.65 bits per heavy atom. The number of nitrogens with one attached hydrogen (secondary N) is 3. The van der Waals surface area contributed by atoms with Gasteiger partial charge in [0, 0.05) is 37.9 Å². The number of anilines is 1. The van der Waals surface area contributed by atoms with Crippen molar-refractivity contribution < 1.29 is 9.53 Å². The Labute approximate surface area is 187 Å². The van der Waals surface area contributed by atoms with Gasteiger partial charge >= 0.3 is 0 Å². The minimum atomic E-state index is 0.149. The molecule has 6 nitrogen and oxygen atoms in total. The fraction of sp³-hybridized carbons (Fsp3) is 0.680. The van der Waals surface area contributed by atoms with Crippen molar-refractivity contribution in [2.45, 2.75) is 71.8 Å². The van der Waals surface area contributed by atoms with E-state index in [1.165, 1.54) is 32.1 Å². The van der Waals surface area contributed by atoms with Gasteiger partial charge < -0.3 is 20.7 Å². The monoisotopic (exact) mass is 428 g/mol. The smallest absolute Gasteiger partial charge is 0.227 e. The Hall–Kier alpha value is -2.08. The molecule has 2 fully saturated rings. The number of rotatable bonds is 11. The predicted octanol–water partition coefficient (Wildman–Crippen LogP) is 4.47. The summed E-state index contributed by atoms with van der Waals surface area (Å²) >= 11 is 0. The van der Waals surface area contributed by atoms with Gasteiger partial charge in [-0.1, -0.05) is 31.4 Å². The van der Waals surface area contributed by atoms with Gasteiger partial charge in [0.1, 0.15) is 0 Å². The molecular weight excluding hydrogens is 388 g/mol. The fourth-order valence-electron chi connectivity index (χ4n) is 4.52. The van der Waals surface area contributed by atoms with E-state index in [4.69, 9.17) is 9.73 Å². The third kappa shape index (κ3) is 7.23. The van der Waals surface area contributed by atoms with Crippen molar-refractivity contribution in [1.29, 1.82) is 0 Å². The molecule has 0 saturated heterocycles. The number of amides is 1. The molecule has 0 aliphatic heterocycles. The van der Waals surface area contributed by atoms with Crippen LogP contribution in [0.2, 0.25) is 0 Å². The molecule has 0 radical (unpaired) electrons. The van der Waals surface area contributed by atoms with E-state index in [0.717, 1.165) is 62.8 Å². The van der Waals surface area contributed by atoms with E-state index in [1.807, 2.05) is 18.2 Å². The van der Waals surface area contributed by atoms with Crippen LogP contribution >= 0.6 is 0 Å². The molecule has 3 rings (SSSR count). The lowest BCUT2D eigenvalue weighted by molar-refractivity contribution is -0.122. The zero-order chi connectivity index (χ0) is 21.9. The SMILES string of the molecule is CCNC(=NCc1cccc(NC(=O)C2CCC2)c1)NCC1(CCOCC)CCCC1. The van der Waals surface area contributed by atoms with Crippen LogP contribution in [0.15, 0.2) is 29.3 Å². The molecular formula is C25H40N4O2. The van der Waals surface area contributed by atoms with Crippen LogP contribution in [0.25, 0.3) is 0 Å². The summed E-state index contributed by atoms with van der Waals surface area (Å²) in [7, 11) is 0. The molecule has 0 aromatic heterocycles. The van der Waals surface area contributed by atoms with Crippen LogP contribution in [0.5, 0.6) is 0 Å². The van der Waals surface area contributed by atoms with Crippen molar-refractivity contribution in [1.82, 2.24) is 10.6 Å². The Balaban J connectivity index is 1.56. The van der Waals surface area contributed by atoms with Gasteiger partial charge in [-0.25, -0.2) is 4.99 Å². The molecule has 1 aromatic carbocycles. The van der Waals surface area contributed by atoms with Crippen LogP contribution in [0, 0.1) is 11.3 Å². The zero-order valence-corrected chi connectivity index (χ0v) is 19.3. The normalized spacial score (nSPS) is 18.5. The first-order valence-corrected chi connectivity index (χ1v) is 12.1. The number of carbonyl (C=O) groups is 1. The standard InChI is InChI=1S/C25H40N4O2/c1-3-26-24(28-19-25(13-5-6-14-25)15-16-31-4-2)27-18-20-9-7-12-22(17-20)29-23(30)21-10-8-11-21/h7,9,12,17,21H,3-6,8,10-11,13-16,18-19H2,1-2H3,(H,29,30)(H2,26,27,28). The Bertz CT molecular complexity index is 724. The van der Waals surface area contributed by atoms with Crippen molar-refractivity contribution >= 4 is 17.6 Å². The van der Waals surface area contributed by atoms with Gasteiger partial charge in [0.15, 0.2) is 5.96 Å². The molecule has 0 unspecified atom stereocenters. The number of nitrogens with zero attached hydrogens (tertiary/aromatic N) is 1. The van der Waals surface area contributed by atoms with E-state index in [1.54, 1.807) is 0 Å². The first-order chi connectivity index (χ1) is 15.1. The summed E-state index contributed by atoms with van der Waals surface area (Å²) in [5, 5.41) is 10.0. The zero-order valence-electron chi connectivity index (χ0n) is 19.3. The van der Waals surface area contributed by atoms with Crippen molar-refractivity contribution in [3.05, 3.63) is 29.8 Å². The third-order valence-corrected chi connectivity index (χ3v) is 6.71. The molecule has 2 aliphatic carbocycles. The summed E-state index contributed by atoms with van der Waals surface area (Å²) in [6, 6.07) is 8.04. The van der Waals surface area contributed by atoms with Crippen LogP contribution in [-0.2, 0) is 16.1 Å². The number of guanidine groups is 1. The average Bonchev–Trinajstić information content (AvgIpc) is 3.18. The topological polar surface area (TPSA) is 74.8 Å². The van der Waals surface area contributed by atoms with Crippen LogP contribution in [0.4, 0.5) is 5.69 Å². The summed E-state index contributed by atoms with van der Waals surface area (Å²) in [6.07, 6.45) is 9.43. The molecule has 31 heavy (non-hydrogen) atoms. The van der Waals surface area contributed by atoms with Crippen LogP contribution in [-0.4, -0.2) is 38.2 Å². The molecule has 3 N–H and O–H groups in total. The average molecular weight is 429 g/mol. The molecule has 1 amide bonds. The highest BCUT2D eigenvalue weighted by atomic mass is 16.5. The van der Waals surface area contributed by atoms with Crippen LogP contribution < -0.4 is 16.0 Å². The van der Waals surface area contributed by atoms with E-state index in [2.05, 4.69) is 35.9 Å². The van der Waals surface area contributed by atoms with Crippen LogP contribution in [0.3, 0.4) is 0 Å². The Kier molecular flexibility index (Phi) is 9.19. The molecule has 1 aromatic rings. The fourth-order valence-corrected chi connectivity index (χ4v) is 4.52. The second-order valence-corrected chi connectivity index (χ2v) is 9.02. The summed E-state index contributed by atoms with van der Waals surface area (Å²) < 4.78 is 5.64. The van der Waals surface area contributed by atoms with Crippen molar-refractivity contribution in [2.75, 3.05) is 31.6 Å². The predicted molar refractivity (Wildman–Crippen MR) is 127 cm³/mol. The highest BCUT2D eigenvalue weighted by Crippen LogP contribution is 2.40. The number of hydrogen-bond donors (Lipinski definition) is 3. The van der Waals surface area contributed by atoms with Gasteiger partial charge in [-0.3, -0.25) is 4.79 Å². The number of ether oxygens (including phenoxy) is 1. The Morgan fingerprint density at radius 1 is 1.16 bits per heavy atom. The molecule has 172 valence electrons. The first kappa shape index (κ1) is 23.6. The highest BCUT2D eigenvalue weighted by Gasteiger charge is 2.33. The van der Waals surface area contributed by atoms with E-state index in [0.29, 0.717) is 12.0 Å². The van der Waals surface area contributed by atoms with Gasteiger partial charge in [0.05, 0.1) is 6.54 Å². The molecule has 0 atom stereocenters. The molecule has 2 aliphatic rings. The second-order valence-electron chi connectivity index (χ2n) is 9.02. The van der Waals surface area contributed by atoms with E-state index in [-0.39, 0.29) is 11.8 Å². The summed E-state index contributed by atoms with van der Waals surface area (Å²) in [5.41, 5.74) is 2.27. The quantitative estimate of drug-likeness (QED) is 0.276. The largest absolute Gasteiger partial charge is 0.382 e. The lowest BCUT2D eigenvalue weighted by atomic mass is 9.83. The van der Waals surface area contributed by atoms with Crippen molar-refractivity contribution in [3.63, 3.8) is 0 Å². The van der Waals surface area contributed by atoms with Crippen molar-refractivity contribution in [2.24, 2.45) is 16.3 Å². The number of aliphatic imine (C=N–C) groups is 1. The summed E-state index contributed by atoms with van der Waals surface area (Å²) in [5.74, 6) is 1.20. The van der Waals surface area contributed by atoms with E-state index in [9.17, 15) is 4.79 Å². The Morgan fingerprint density at radius 2 is 1.97 bits per heavy atom. The van der Waals surface area contributed by atoms with Gasteiger partial charge in [-0.05, 0) is 69.1 Å². The van der Waals surface area contributed by atoms with Crippen molar-refractivity contribution in [3.8, 4) is 0 Å². The number of benzene rings is 1. The maximum absolute atomic E-state index is 12.2. The highest BCUT2D eigenvalue weighted by molar-refractivity contribution is 5.93. The van der Waals surface area contributed by atoms with E-state index >= 15 is 0 Å². The lowest BCUT2D eigenvalue weighted by Crippen LogP contribution is -2.43. The number of hydrogen-bond acceptors (Lipinski definition) is 3. The maximum atomic E-state index is 12.2. The third-order valence-electron chi connectivity index (χ3n) is 6.71. The first-order valence-electron chi connectivity index (χ1n) is 12.1. The molecule has 0 bridgehead atoms. The summed E-state index contributed by atoms with van der Waals surface area (Å²) in [6.45, 7) is 8.11. The van der Waals surface area contributed by atoms with Gasteiger partial charge in [-0.15, -0.1) is 0 Å². The van der Waals surface area contributed by atoms with Crippen LogP contribution in [0.1, 0.15) is 70.8 Å². The van der Waals surface area contributed by atoms with E-state index < -0.39 is 0 Å². The van der Waals surface area contributed by atoms with Gasteiger partial charge in [0.2, 0.25) is 5.91 Å². The lowest BCUT2D eigenvalue weighted by Gasteiger charge is -2.30.